The molecule has 0 spiro atoms. The molecule has 8 heteroatoms. The summed E-state index contributed by atoms with van der Waals surface area (Å²) < 4.78 is 28.4. The Balaban J connectivity index is 2.41. The molecule has 0 saturated carbocycles. The Kier molecular flexibility index (Phi) is 4.29. The van der Waals surface area contributed by atoms with Gasteiger partial charge in [-0.1, -0.05) is 29.3 Å². The maximum absolute atomic E-state index is 12.3. The zero-order chi connectivity index (χ0) is 14.9. The van der Waals surface area contributed by atoms with Crippen molar-refractivity contribution in [3.63, 3.8) is 0 Å². The highest BCUT2D eigenvalue weighted by Crippen LogP contribution is 2.32. The van der Waals surface area contributed by atoms with Gasteiger partial charge in [-0.25, -0.2) is 8.42 Å². The Morgan fingerprint density at radius 3 is 2.40 bits per heavy atom. The highest BCUT2D eigenvalue weighted by molar-refractivity contribution is 7.92. The van der Waals surface area contributed by atoms with Crippen LogP contribution in [0.4, 0.5) is 5.69 Å². The lowest BCUT2D eigenvalue weighted by atomic mass is 10.3. The first-order valence-corrected chi connectivity index (χ1v) is 7.82. The highest BCUT2D eigenvalue weighted by atomic mass is 35.5. The predicted molar refractivity (Wildman–Crippen MR) is 78.6 cm³/mol. The van der Waals surface area contributed by atoms with Crippen LogP contribution in [-0.2, 0) is 23.7 Å². The number of nitrogens with zero attached hydrogens (tertiary/aromatic N) is 1. The van der Waals surface area contributed by atoms with E-state index in [9.17, 15) is 8.42 Å². The minimum Gasteiger partial charge on any atom is -0.390 e. The van der Waals surface area contributed by atoms with Crippen LogP contribution in [0.3, 0.4) is 0 Å². The van der Waals surface area contributed by atoms with Gasteiger partial charge in [0.1, 0.15) is 4.90 Å². The zero-order valence-corrected chi connectivity index (χ0v) is 12.8. The number of halogens is 2. The molecule has 0 atom stereocenters. The van der Waals surface area contributed by atoms with E-state index in [4.69, 9.17) is 28.3 Å². The van der Waals surface area contributed by atoms with E-state index in [0.717, 1.165) is 0 Å². The van der Waals surface area contributed by atoms with E-state index in [1.54, 1.807) is 13.1 Å². The van der Waals surface area contributed by atoms with Crippen LogP contribution >= 0.6 is 23.2 Å². The number of benzene rings is 1. The number of sulfonamides is 1. The van der Waals surface area contributed by atoms with Crippen LogP contribution in [0.2, 0.25) is 10.0 Å². The second-order valence-electron chi connectivity index (χ2n) is 4.14. The molecule has 0 bridgehead atoms. The van der Waals surface area contributed by atoms with Gasteiger partial charge in [0.2, 0.25) is 0 Å². The Labute approximate surface area is 126 Å². The molecule has 0 radical (unpaired) electrons. The smallest absolute Gasteiger partial charge is 0.263 e. The zero-order valence-electron chi connectivity index (χ0n) is 10.5. The number of nitrogens with one attached hydrogen (secondary N) is 1. The van der Waals surface area contributed by atoms with Crippen LogP contribution in [-0.4, -0.2) is 18.1 Å². The Morgan fingerprint density at radius 2 is 1.90 bits per heavy atom. The second kappa shape index (κ2) is 5.65. The van der Waals surface area contributed by atoms with Crippen LogP contribution < -0.4 is 4.72 Å². The Morgan fingerprint density at radius 1 is 1.30 bits per heavy atom. The van der Waals surface area contributed by atoms with E-state index >= 15 is 0 Å². The van der Waals surface area contributed by atoms with Crippen molar-refractivity contribution >= 4 is 38.9 Å². The highest BCUT2D eigenvalue weighted by Gasteiger charge is 2.20. The molecule has 20 heavy (non-hydrogen) atoms. The molecule has 1 aromatic carbocycles. The quantitative estimate of drug-likeness (QED) is 0.902. The molecule has 5 nitrogen and oxygen atoms in total. The van der Waals surface area contributed by atoms with Crippen molar-refractivity contribution in [2.45, 2.75) is 11.5 Å². The van der Waals surface area contributed by atoms with Gasteiger partial charge in [-0.15, -0.1) is 0 Å². The lowest BCUT2D eigenvalue weighted by Gasteiger charge is -2.09. The first-order valence-electron chi connectivity index (χ1n) is 5.58. The molecule has 2 aromatic rings. The van der Waals surface area contributed by atoms with Gasteiger partial charge in [0.15, 0.2) is 0 Å². The average molecular weight is 335 g/mol. The van der Waals surface area contributed by atoms with Gasteiger partial charge in [-0.05, 0) is 18.2 Å². The summed E-state index contributed by atoms with van der Waals surface area (Å²) in [6, 6.07) is 6.08. The van der Waals surface area contributed by atoms with Crippen LogP contribution in [0, 0.1) is 0 Å². The van der Waals surface area contributed by atoms with E-state index in [0.29, 0.717) is 5.69 Å². The fourth-order valence-corrected chi connectivity index (χ4v) is 3.47. The number of rotatable bonds is 4. The van der Waals surface area contributed by atoms with Gasteiger partial charge < -0.3 is 9.67 Å². The predicted octanol–water partition coefficient (Wildman–Crippen LogP) is 2.63. The molecule has 0 saturated heterocycles. The van der Waals surface area contributed by atoms with Crippen LogP contribution in [0.25, 0.3) is 0 Å². The second-order valence-corrected chi connectivity index (χ2v) is 6.64. The number of aliphatic hydroxyl groups is 1. The SMILES string of the molecule is Cn1cc(S(=O)(=O)Nc2c(Cl)cccc2Cl)cc1CO. The van der Waals surface area contributed by atoms with Gasteiger partial charge in [-0.3, -0.25) is 4.72 Å². The largest absolute Gasteiger partial charge is 0.390 e. The molecule has 2 N–H and O–H groups in total. The molecule has 0 unspecified atom stereocenters. The normalized spacial score (nSPS) is 11.6. The van der Waals surface area contributed by atoms with E-state index < -0.39 is 10.0 Å². The van der Waals surface area contributed by atoms with E-state index in [2.05, 4.69) is 4.72 Å². The first-order chi connectivity index (χ1) is 9.35. The number of aliphatic hydroxyl groups excluding tert-OH is 1. The van der Waals surface area contributed by atoms with Crippen molar-refractivity contribution in [3.8, 4) is 0 Å². The van der Waals surface area contributed by atoms with Crippen LogP contribution in [0.1, 0.15) is 5.69 Å². The van der Waals surface area contributed by atoms with Crippen molar-refractivity contribution in [1.82, 2.24) is 4.57 Å². The summed E-state index contributed by atoms with van der Waals surface area (Å²) in [6.07, 6.45) is 1.40. The Hall–Kier alpha value is -1.21. The summed E-state index contributed by atoms with van der Waals surface area (Å²) in [7, 11) is -2.18. The third-order valence-corrected chi connectivity index (χ3v) is 4.70. The molecule has 0 aliphatic heterocycles. The van der Waals surface area contributed by atoms with Crippen molar-refractivity contribution in [1.29, 1.82) is 0 Å². The van der Waals surface area contributed by atoms with Gasteiger partial charge in [-0.2, -0.15) is 0 Å². The monoisotopic (exact) mass is 334 g/mol. The molecule has 1 aromatic heterocycles. The first kappa shape index (κ1) is 15.2. The summed E-state index contributed by atoms with van der Waals surface area (Å²) in [5.74, 6) is 0. The minimum absolute atomic E-state index is 0.0278. The number of para-hydroxylation sites is 1. The molecule has 0 amide bonds. The summed E-state index contributed by atoms with van der Waals surface area (Å²) in [4.78, 5) is 0.0278. The summed E-state index contributed by atoms with van der Waals surface area (Å²) in [5.41, 5.74) is 0.612. The summed E-state index contributed by atoms with van der Waals surface area (Å²) >= 11 is 11.9. The van der Waals surface area contributed by atoms with Crippen molar-refractivity contribution in [2.24, 2.45) is 7.05 Å². The minimum atomic E-state index is -3.82. The molecule has 0 aliphatic rings. The molecule has 2 rings (SSSR count). The fraction of sp³-hybridized carbons (Fsp3) is 0.167. The lowest BCUT2D eigenvalue weighted by molar-refractivity contribution is 0.272. The molecule has 0 aliphatic carbocycles. The molecule has 1 heterocycles. The van der Waals surface area contributed by atoms with Gasteiger partial charge in [0, 0.05) is 18.9 Å². The molecular weight excluding hydrogens is 323 g/mol. The van der Waals surface area contributed by atoms with Gasteiger partial charge >= 0.3 is 0 Å². The average Bonchev–Trinajstić information content (AvgIpc) is 2.76. The van der Waals surface area contributed by atoms with Crippen molar-refractivity contribution < 1.29 is 13.5 Å². The Bertz CT molecular complexity index is 721. The van der Waals surface area contributed by atoms with E-state index in [1.807, 2.05) is 0 Å². The summed E-state index contributed by atoms with van der Waals surface area (Å²) in [6.45, 7) is -0.251. The maximum atomic E-state index is 12.3. The number of aromatic nitrogens is 1. The fourth-order valence-electron chi connectivity index (χ4n) is 1.67. The third kappa shape index (κ3) is 2.93. The van der Waals surface area contributed by atoms with E-state index in [-0.39, 0.29) is 27.2 Å². The van der Waals surface area contributed by atoms with E-state index in [1.165, 1.54) is 29.0 Å². The van der Waals surface area contributed by atoms with Crippen LogP contribution in [0.5, 0.6) is 0 Å². The maximum Gasteiger partial charge on any atom is 0.263 e. The lowest BCUT2D eigenvalue weighted by Crippen LogP contribution is -2.13. The number of anilines is 1. The van der Waals surface area contributed by atoms with Crippen molar-refractivity contribution in [2.75, 3.05) is 4.72 Å². The topological polar surface area (TPSA) is 71.3 Å². The van der Waals surface area contributed by atoms with Gasteiger partial charge in [0.05, 0.1) is 22.3 Å². The van der Waals surface area contributed by atoms with Gasteiger partial charge in [0.25, 0.3) is 10.0 Å². The number of aryl methyl sites for hydroxylation is 1. The van der Waals surface area contributed by atoms with Crippen molar-refractivity contribution in [3.05, 3.63) is 46.2 Å². The van der Waals surface area contributed by atoms with Crippen LogP contribution in [0.15, 0.2) is 35.4 Å². The number of hydrogen-bond donors (Lipinski definition) is 2. The third-order valence-electron chi connectivity index (χ3n) is 2.75. The molecular formula is C12H12Cl2N2O3S. The standard InChI is InChI=1S/C12H12Cl2N2O3S/c1-16-6-9(5-8(16)7-17)20(18,19)15-12-10(13)3-2-4-11(12)14/h2-6,15,17H,7H2,1H3. The molecule has 0 fully saturated rings. The summed E-state index contributed by atoms with van der Waals surface area (Å²) in [5, 5.41) is 9.51. The number of hydrogen-bond acceptors (Lipinski definition) is 3. The molecule has 108 valence electrons.